The maximum atomic E-state index is 12.0. The first kappa shape index (κ1) is 16.2. The predicted molar refractivity (Wildman–Crippen MR) is 83.8 cm³/mol. The highest BCUT2D eigenvalue weighted by Crippen LogP contribution is 2.17. The standard InChI is InChI=1S/C16H22N4O2/c1-12-5-7-14(8-6-12)13(2)20-11-15(18-19-20)16(21)17-9-4-10-22-3/h5-8,11,13H,4,9-10H2,1-3H3,(H,17,21)/t13-/m0/s1. The van der Waals surface area contributed by atoms with Crippen LogP contribution in [0.3, 0.4) is 0 Å². The van der Waals surface area contributed by atoms with Gasteiger partial charge in [0.15, 0.2) is 5.69 Å². The Bertz CT molecular complexity index is 607. The molecule has 118 valence electrons. The summed E-state index contributed by atoms with van der Waals surface area (Å²) in [6, 6.07) is 8.28. The van der Waals surface area contributed by atoms with Crippen LogP contribution in [0.1, 0.15) is 41.0 Å². The Kier molecular flexibility index (Phi) is 5.66. The van der Waals surface area contributed by atoms with E-state index in [4.69, 9.17) is 4.74 Å². The molecule has 0 saturated heterocycles. The molecule has 1 aromatic carbocycles. The average molecular weight is 302 g/mol. The van der Waals surface area contributed by atoms with E-state index in [1.54, 1.807) is 18.0 Å². The van der Waals surface area contributed by atoms with Crippen LogP contribution in [0.25, 0.3) is 0 Å². The Morgan fingerprint density at radius 1 is 1.36 bits per heavy atom. The van der Waals surface area contributed by atoms with Gasteiger partial charge in [-0.1, -0.05) is 35.0 Å². The number of hydrogen-bond acceptors (Lipinski definition) is 4. The lowest BCUT2D eigenvalue weighted by Gasteiger charge is -2.11. The summed E-state index contributed by atoms with van der Waals surface area (Å²) in [6.07, 6.45) is 2.45. The van der Waals surface area contributed by atoms with Crippen molar-refractivity contribution in [2.45, 2.75) is 26.3 Å². The minimum absolute atomic E-state index is 0.0307. The number of ether oxygens (including phenoxy) is 1. The molecule has 1 N–H and O–H groups in total. The molecule has 1 atom stereocenters. The maximum Gasteiger partial charge on any atom is 0.273 e. The van der Waals surface area contributed by atoms with Gasteiger partial charge in [0.1, 0.15) is 0 Å². The Morgan fingerprint density at radius 3 is 2.77 bits per heavy atom. The van der Waals surface area contributed by atoms with Crippen LogP contribution in [0.4, 0.5) is 0 Å². The number of nitrogens with one attached hydrogen (secondary N) is 1. The van der Waals surface area contributed by atoms with Gasteiger partial charge < -0.3 is 10.1 Å². The molecule has 0 fully saturated rings. The third kappa shape index (κ3) is 4.14. The van der Waals surface area contributed by atoms with E-state index in [2.05, 4.69) is 46.8 Å². The van der Waals surface area contributed by atoms with Gasteiger partial charge >= 0.3 is 0 Å². The second-order valence-electron chi connectivity index (χ2n) is 5.27. The van der Waals surface area contributed by atoms with E-state index in [1.807, 2.05) is 6.92 Å². The Labute approximate surface area is 130 Å². The fourth-order valence-corrected chi connectivity index (χ4v) is 2.08. The maximum absolute atomic E-state index is 12.0. The largest absolute Gasteiger partial charge is 0.385 e. The molecule has 0 saturated carbocycles. The fourth-order valence-electron chi connectivity index (χ4n) is 2.08. The summed E-state index contributed by atoms with van der Waals surface area (Å²) >= 11 is 0. The fraction of sp³-hybridized carbons (Fsp3) is 0.438. The summed E-state index contributed by atoms with van der Waals surface area (Å²) in [5, 5.41) is 10.8. The molecule has 22 heavy (non-hydrogen) atoms. The summed E-state index contributed by atoms with van der Waals surface area (Å²) < 4.78 is 6.64. The topological polar surface area (TPSA) is 69.0 Å². The van der Waals surface area contributed by atoms with Gasteiger partial charge in [0.25, 0.3) is 5.91 Å². The zero-order valence-electron chi connectivity index (χ0n) is 13.2. The normalized spacial score (nSPS) is 12.1. The lowest BCUT2D eigenvalue weighted by Crippen LogP contribution is -2.25. The highest BCUT2D eigenvalue weighted by atomic mass is 16.5. The summed E-state index contributed by atoms with van der Waals surface area (Å²) in [6.45, 7) is 5.26. The van der Waals surface area contributed by atoms with Crippen molar-refractivity contribution >= 4 is 5.91 Å². The number of methoxy groups -OCH3 is 1. The van der Waals surface area contributed by atoms with E-state index < -0.39 is 0 Å². The van der Waals surface area contributed by atoms with Gasteiger partial charge in [-0.05, 0) is 25.8 Å². The van der Waals surface area contributed by atoms with Gasteiger partial charge in [-0.2, -0.15) is 0 Å². The lowest BCUT2D eigenvalue weighted by molar-refractivity contribution is 0.0943. The monoisotopic (exact) mass is 302 g/mol. The molecule has 6 heteroatoms. The number of aromatic nitrogens is 3. The predicted octanol–water partition coefficient (Wildman–Crippen LogP) is 1.96. The molecule has 0 aliphatic heterocycles. The van der Waals surface area contributed by atoms with Crippen molar-refractivity contribution in [3.05, 3.63) is 47.3 Å². The molecule has 2 rings (SSSR count). The first-order valence-electron chi connectivity index (χ1n) is 7.37. The highest BCUT2D eigenvalue weighted by Gasteiger charge is 2.14. The van der Waals surface area contributed by atoms with E-state index in [9.17, 15) is 4.79 Å². The summed E-state index contributed by atoms with van der Waals surface area (Å²) in [5.74, 6) is -0.210. The van der Waals surface area contributed by atoms with Crippen LogP contribution >= 0.6 is 0 Å². The van der Waals surface area contributed by atoms with Gasteiger partial charge in [0.05, 0.1) is 12.2 Å². The van der Waals surface area contributed by atoms with Crippen molar-refractivity contribution in [2.75, 3.05) is 20.3 Å². The smallest absolute Gasteiger partial charge is 0.273 e. The lowest BCUT2D eigenvalue weighted by atomic mass is 10.1. The third-order valence-electron chi connectivity index (χ3n) is 3.51. The van der Waals surface area contributed by atoms with Crippen molar-refractivity contribution in [1.82, 2.24) is 20.3 Å². The first-order valence-corrected chi connectivity index (χ1v) is 7.37. The van der Waals surface area contributed by atoms with Gasteiger partial charge in [-0.25, -0.2) is 4.68 Å². The molecule has 1 heterocycles. The van der Waals surface area contributed by atoms with Crippen molar-refractivity contribution < 1.29 is 9.53 Å². The van der Waals surface area contributed by atoms with Gasteiger partial charge in [0.2, 0.25) is 0 Å². The van der Waals surface area contributed by atoms with E-state index in [1.165, 1.54) is 5.56 Å². The molecule has 0 aliphatic rings. The summed E-state index contributed by atoms with van der Waals surface area (Å²) in [5.41, 5.74) is 2.67. The second kappa shape index (κ2) is 7.70. The van der Waals surface area contributed by atoms with Crippen molar-refractivity contribution in [1.29, 1.82) is 0 Å². The van der Waals surface area contributed by atoms with E-state index in [-0.39, 0.29) is 11.9 Å². The van der Waals surface area contributed by atoms with Crippen LogP contribution in [-0.2, 0) is 4.74 Å². The SMILES string of the molecule is COCCCNC(=O)c1cn([C@@H](C)c2ccc(C)cc2)nn1. The Morgan fingerprint density at radius 2 is 2.09 bits per heavy atom. The van der Waals surface area contributed by atoms with Crippen LogP contribution in [0.15, 0.2) is 30.5 Å². The number of carbonyl (C=O) groups excluding carboxylic acids is 1. The number of hydrogen-bond donors (Lipinski definition) is 1. The van der Waals surface area contributed by atoms with Gasteiger partial charge in [-0.3, -0.25) is 4.79 Å². The van der Waals surface area contributed by atoms with Crippen LogP contribution < -0.4 is 5.32 Å². The quantitative estimate of drug-likeness (QED) is 0.794. The van der Waals surface area contributed by atoms with E-state index >= 15 is 0 Å². The summed E-state index contributed by atoms with van der Waals surface area (Å²) in [4.78, 5) is 12.0. The van der Waals surface area contributed by atoms with Crippen molar-refractivity contribution in [3.63, 3.8) is 0 Å². The molecule has 2 aromatic rings. The van der Waals surface area contributed by atoms with Crippen molar-refractivity contribution in [2.24, 2.45) is 0 Å². The molecule has 0 bridgehead atoms. The zero-order chi connectivity index (χ0) is 15.9. The van der Waals surface area contributed by atoms with Crippen LogP contribution in [0.2, 0.25) is 0 Å². The molecule has 6 nitrogen and oxygen atoms in total. The summed E-state index contributed by atoms with van der Waals surface area (Å²) in [7, 11) is 1.64. The molecule has 0 radical (unpaired) electrons. The third-order valence-corrected chi connectivity index (χ3v) is 3.51. The minimum atomic E-state index is -0.210. The number of benzene rings is 1. The molecular weight excluding hydrogens is 280 g/mol. The number of carbonyl (C=O) groups is 1. The van der Waals surface area contributed by atoms with Gasteiger partial charge in [-0.15, -0.1) is 5.10 Å². The number of nitrogens with zero attached hydrogens (tertiary/aromatic N) is 3. The number of amides is 1. The first-order chi connectivity index (χ1) is 10.6. The Balaban J connectivity index is 1.98. The highest BCUT2D eigenvalue weighted by molar-refractivity contribution is 5.91. The number of rotatable bonds is 7. The molecular formula is C16H22N4O2. The molecule has 0 unspecified atom stereocenters. The van der Waals surface area contributed by atoms with E-state index in [0.717, 1.165) is 12.0 Å². The minimum Gasteiger partial charge on any atom is -0.385 e. The average Bonchev–Trinajstić information content (AvgIpc) is 3.01. The second-order valence-corrected chi connectivity index (χ2v) is 5.27. The molecule has 0 spiro atoms. The molecule has 1 amide bonds. The van der Waals surface area contributed by atoms with Gasteiger partial charge in [0, 0.05) is 20.3 Å². The Hall–Kier alpha value is -2.21. The molecule has 1 aromatic heterocycles. The molecule has 0 aliphatic carbocycles. The van der Waals surface area contributed by atoms with E-state index in [0.29, 0.717) is 18.8 Å². The zero-order valence-corrected chi connectivity index (χ0v) is 13.2. The van der Waals surface area contributed by atoms with Crippen LogP contribution in [0, 0.1) is 6.92 Å². The number of aryl methyl sites for hydroxylation is 1. The van der Waals surface area contributed by atoms with Crippen molar-refractivity contribution in [3.8, 4) is 0 Å². The van der Waals surface area contributed by atoms with Crippen LogP contribution in [0.5, 0.6) is 0 Å². The van der Waals surface area contributed by atoms with Crippen LogP contribution in [-0.4, -0.2) is 41.2 Å².